The number of carbonyl (C=O) groups is 1. The summed E-state index contributed by atoms with van der Waals surface area (Å²) in [7, 11) is 0. The summed E-state index contributed by atoms with van der Waals surface area (Å²) >= 11 is 0. The van der Waals surface area contributed by atoms with Gasteiger partial charge < -0.3 is 0 Å². The first-order chi connectivity index (χ1) is 10.1. The van der Waals surface area contributed by atoms with Crippen LogP contribution in [0.1, 0.15) is 44.9 Å². The number of hydrogen-bond donors (Lipinski definition) is 0. The second kappa shape index (κ2) is 5.66. The van der Waals surface area contributed by atoms with Crippen molar-refractivity contribution in [2.24, 2.45) is 16.3 Å². The molecule has 1 spiro atoms. The molecule has 0 aromatic heterocycles. The van der Waals surface area contributed by atoms with Crippen molar-refractivity contribution in [2.45, 2.75) is 44.9 Å². The third-order valence-corrected chi connectivity index (χ3v) is 4.84. The van der Waals surface area contributed by atoms with E-state index in [0.717, 1.165) is 51.0 Å². The lowest BCUT2D eigenvalue weighted by Crippen LogP contribution is -2.38. The Morgan fingerprint density at radius 3 is 2.33 bits per heavy atom. The van der Waals surface area contributed by atoms with Crippen molar-refractivity contribution in [1.82, 2.24) is 0 Å². The Labute approximate surface area is 123 Å². The van der Waals surface area contributed by atoms with Gasteiger partial charge in [0.25, 0.3) is 0 Å². The van der Waals surface area contributed by atoms with Crippen molar-refractivity contribution >= 4 is 17.7 Å². The first-order valence-corrected chi connectivity index (χ1v) is 7.64. The molecule has 1 aromatic carbocycles. The Kier molecular flexibility index (Phi) is 3.87. The minimum absolute atomic E-state index is 0.137. The lowest BCUT2D eigenvalue weighted by Gasteiger charge is -2.35. The highest BCUT2D eigenvalue weighted by molar-refractivity contribution is 5.99. The number of ketones is 1. The summed E-state index contributed by atoms with van der Waals surface area (Å²) in [5.41, 5.74) is 0.0913. The van der Waals surface area contributed by atoms with E-state index >= 15 is 0 Å². The van der Waals surface area contributed by atoms with Crippen LogP contribution in [0.3, 0.4) is 0 Å². The third kappa shape index (κ3) is 2.89. The summed E-state index contributed by atoms with van der Waals surface area (Å²) in [4.78, 5) is 16.8. The number of hydrogen-bond acceptors (Lipinski definition) is 2. The van der Waals surface area contributed by atoms with Gasteiger partial charge in [0, 0.05) is 17.7 Å². The number of Topliss-reactive ketones (excluding diaryl/α,β-unsaturated/α-hetero) is 1. The van der Waals surface area contributed by atoms with Crippen molar-refractivity contribution in [3.05, 3.63) is 29.8 Å². The van der Waals surface area contributed by atoms with Gasteiger partial charge in [0.2, 0.25) is 0 Å². The van der Waals surface area contributed by atoms with Crippen LogP contribution in [0.15, 0.2) is 23.2 Å². The molecule has 21 heavy (non-hydrogen) atoms. The predicted octanol–water partition coefficient (Wildman–Crippen LogP) is 4.60. The molecule has 2 aliphatic rings. The van der Waals surface area contributed by atoms with E-state index in [1.54, 1.807) is 6.21 Å². The number of benzene rings is 1. The largest absolute Gasteiger partial charge is 0.298 e. The van der Waals surface area contributed by atoms with Gasteiger partial charge in [-0.25, -0.2) is 8.78 Å². The molecule has 2 nitrogen and oxygen atoms in total. The van der Waals surface area contributed by atoms with Crippen LogP contribution in [0.4, 0.5) is 14.5 Å². The van der Waals surface area contributed by atoms with Gasteiger partial charge in [0.1, 0.15) is 17.4 Å². The van der Waals surface area contributed by atoms with Gasteiger partial charge in [-0.15, -0.1) is 0 Å². The average molecular weight is 291 g/mol. The fraction of sp³-hybridized carbons (Fsp3) is 0.529. The van der Waals surface area contributed by atoms with Crippen LogP contribution in [0.5, 0.6) is 0 Å². The van der Waals surface area contributed by atoms with Crippen LogP contribution in [0.2, 0.25) is 0 Å². The summed E-state index contributed by atoms with van der Waals surface area (Å²) in [5, 5.41) is 0. The Bertz CT molecular complexity index is 556. The number of halogens is 2. The van der Waals surface area contributed by atoms with Crippen LogP contribution < -0.4 is 0 Å². The van der Waals surface area contributed by atoms with Gasteiger partial charge in [-0.1, -0.05) is 19.3 Å². The average Bonchev–Trinajstić information content (AvgIpc) is 2.89. The van der Waals surface area contributed by atoms with Crippen LogP contribution in [0, 0.1) is 23.0 Å². The summed E-state index contributed by atoms with van der Waals surface area (Å²) < 4.78 is 26.3. The lowest BCUT2D eigenvalue weighted by molar-refractivity contribution is -0.133. The Morgan fingerprint density at radius 1 is 1.05 bits per heavy atom. The first-order valence-electron chi connectivity index (χ1n) is 7.64. The maximum atomic E-state index is 13.1. The van der Waals surface area contributed by atoms with E-state index < -0.39 is 11.6 Å². The second-order valence-corrected chi connectivity index (χ2v) is 6.26. The van der Waals surface area contributed by atoms with Crippen molar-refractivity contribution in [3.8, 4) is 0 Å². The van der Waals surface area contributed by atoms with Gasteiger partial charge in [0.15, 0.2) is 0 Å². The Balaban J connectivity index is 1.77. The molecule has 1 aromatic rings. The molecule has 0 amide bonds. The number of carbonyl (C=O) groups excluding carboxylic acids is 1. The SMILES string of the molecule is O=C1C(/C=N/c2cc(F)cc(F)c2)CCCC12CCCC2. The smallest absolute Gasteiger partial charge is 0.147 e. The van der Waals surface area contributed by atoms with E-state index in [2.05, 4.69) is 4.99 Å². The van der Waals surface area contributed by atoms with E-state index in [1.807, 2.05) is 0 Å². The molecule has 0 N–H and O–H groups in total. The minimum atomic E-state index is -0.649. The molecule has 0 heterocycles. The number of rotatable bonds is 2. The second-order valence-electron chi connectivity index (χ2n) is 6.26. The van der Waals surface area contributed by atoms with E-state index in [1.165, 1.54) is 12.1 Å². The van der Waals surface area contributed by atoms with Gasteiger partial charge in [-0.3, -0.25) is 9.79 Å². The van der Waals surface area contributed by atoms with E-state index in [9.17, 15) is 13.6 Å². The summed E-state index contributed by atoms with van der Waals surface area (Å²) in [6.45, 7) is 0. The molecule has 2 saturated carbocycles. The third-order valence-electron chi connectivity index (χ3n) is 4.84. The van der Waals surface area contributed by atoms with Crippen molar-refractivity contribution < 1.29 is 13.6 Å². The lowest BCUT2D eigenvalue weighted by atomic mass is 9.68. The zero-order valence-corrected chi connectivity index (χ0v) is 11.9. The molecule has 0 radical (unpaired) electrons. The van der Waals surface area contributed by atoms with Crippen LogP contribution >= 0.6 is 0 Å². The Morgan fingerprint density at radius 2 is 1.67 bits per heavy atom. The molecule has 0 bridgehead atoms. The topological polar surface area (TPSA) is 29.4 Å². The molecule has 4 heteroatoms. The highest BCUT2D eigenvalue weighted by Crippen LogP contribution is 2.48. The summed E-state index contributed by atoms with van der Waals surface area (Å²) in [6, 6.07) is 3.18. The zero-order chi connectivity index (χ0) is 14.9. The van der Waals surface area contributed by atoms with Crippen molar-refractivity contribution in [1.29, 1.82) is 0 Å². The molecule has 2 aliphatic carbocycles. The summed E-state index contributed by atoms with van der Waals surface area (Å²) in [6.07, 6.45) is 8.65. The fourth-order valence-electron chi connectivity index (χ4n) is 3.79. The quantitative estimate of drug-likeness (QED) is 0.732. The Hall–Kier alpha value is -1.58. The van der Waals surface area contributed by atoms with Crippen LogP contribution in [-0.4, -0.2) is 12.0 Å². The van der Waals surface area contributed by atoms with E-state index in [0.29, 0.717) is 0 Å². The minimum Gasteiger partial charge on any atom is -0.298 e. The van der Waals surface area contributed by atoms with Crippen molar-refractivity contribution in [2.75, 3.05) is 0 Å². The standard InChI is InChI=1S/C17H19F2NO/c18-13-8-14(19)10-15(9-13)20-11-12-4-3-7-17(16(12)21)5-1-2-6-17/h8-12H,1-7H2/b20-11+. The maximum absolute atomic E-state index is 13.1. The van der Waals surface area contributed by atoms with E-state index in [4.69, 9.17) is 0 Å². The van der Waals surface area contributed by atoms with E-state index in [-0.39, 0.29) is 22.8 Å². The highest BCUT2D eigenvalue weighted by Gasteiger charge is 2.45. The van der Waals surface area contributed by atoms with Gasteiger partial charge in [-0.2, -0.15) is 0 Å². The van der Waals surface area contributed by atoms with Gasteiger partial charge in [-0.05, 0) is 37.8 Å². The molecule has 0 saturated heterocycles. The zero-order valence-electron chi connectivity index (χ0n) is 11.9. The molecule has 2 fully saturated rings. The number of aliphatic imine (C=N–C) groups is 1. The van der Waals surface area contributed by atoms with Crippen molar-refractivity contribution in [3.63, 3.8) is 0 Å². The highest BCUT2D eigenvalue weighted by atomic mass is 19.1. The van der Waals surface area contributed by atoms with Gasteiger partial charge in [0.05, 0.1) is 11.6 Å². The molecular formula is C17H19F2NO. The maximum Gasteiger partial charge on any atom is 0.147 e. The molecule has 3 rings (SSSR count). The number of nitrogens with zero attached hydrogens (tertiary/aromatic N) is 1. The van der Waals surface area contributed by atoms with Crippen LogP contribution in [0.25, 0.3) is 0 Å². The van der Waals surface area contributed by atoms with Gasteiger partial charge >= 0.3 is 0 Å². The normalized spacial score (nSPS) is 25.0. The molecule has 112 valence electrons. The molecule has 1 unspecified atom stereocenters. The molecular weight excluding hydrogens is 272 g/mol. The van der Waals surface area contributed by atoms with Crippen LogP contribution in [-0.2, 0) is 4.79 Å². The predicted molar refractivity (Wildman–Crippen MR) is 77.8 cm³/mol. The first kappa shape index (κ1) is 14.4. The summed E-state index contributed by atoms with van der Waals surface area (Å²) in [5.74, 6) is -1.22. The molecule has 0 aliphatic heterocycles. The molecule has 1 atom stereocenters. The fourth-order valence-corrected chi connectivity index (χ4v) is 3.79. The monoisotopic (exact) mass is 291 g/mol.